The first kappa shape index (κ1) is 18.7. The van der Waals surface area contributed by atoms with Crippen molar-refractivity contribution >= 4 is 0 Å². The molecular formula is C20H25F3O. The molecule has 1 nitrogen and oxygen atoms in total. The molecule has 1 fully saturated rings. The molecule has 0 aromatic heterocycles. The largest absolute Gasteiger partial charge is 0.573 e. The lowest BCUT2D eigenvalue weighted by atomic mass is 9.80. The van der Waals surface area contributed by atoms with Crippen LogP contribution in [0.3, 0.4) is 0 Å². The summed E-state index contributed by atoms with van der Waals surface area (Å²) in [7, 11) is 0. The van der Waals surface area contributed by atoms with Gasteiger partial charge in [-0.1, -0.05) is 44.4 Å². The van der Waals surface area contributed by atoms with Gasteiger partial charge in [0.05, 0.1) is 0 Å². The van der Waals surface area contributed by atoms with Crippen LogP contribution < -0.4 is 4.74 Å². The molecule has 1 aromatic rings. The van der Waals surface area contributed by atoms with Crippen molar-refractivity contribution in [1.29, 1.82) is 0 Å². The van der Waals surface area contributed by atoms with Gasteiger partial charge in [-0.05, 0) is 55.9 Å². The maximum atomic E-state index is 12.1. The Morgan fingerprint density at radius 3 is 2.29 bits per heavy atom. The Balaban J connectivity index is 1.79. The highest BCUT2D eigenvalue weighted by atomic mass is 19.4. The van der Waals surface area contributed by atoms with Crippen LogP contribution >= 0.6 is 0 Å². The third kappa shape index (κ3) is 6.86. The number of ether oxygens (including phenoxy) is 1. The van der Waals surface area contributed by atoms with Crippen molar-refractivity contribution in [3.63, 3.8) is 0 Å². The van der Waals surface area contributed by atoms with Crippen molar-refractivity contribution < 1.29 is 17.9 Å². The monoisotopic (exact) mass is 338 g/mol. The molecule has 0 radical (unpaired) electrons. The molecule has 2 rings (SSSR count). The molecule has 1 saturated carbocycles. The highest BCUT2D eigenvalue weighted by Gasteiger charge is 2.30. The first-order valence-electron chi connectivity index (χ1n) is 8.83. The predicted molar refractivity (Wildman–Crippen MR) is 89.6 cm³/mol. The molecule has 0 amide bonds. The molecular weight excluding hydrogens is 313 g/mol. The van der Waals surface area contributed by atoms with Crippen LogP contribution in [0.1, 0.15) is 63.9 Å². The Hall–Kier alpha value is -1.63. The predicted octanol–water partition coefficient (Wildman–Crippen LogP) is 6.32. The van der Waals surface area contributed by atoms with Crippen LogP contribution in [0.4, 0.5) is 13.2 Å². The van der Waals surface area contributed by atoms with Gasteiger partial charge in [-0.2, -0.15) is 0 Å². The van der Waals surface area contributed by atoms with Crippen LogP contribution in [0.25, 0.3) is 0 Å². The molecule has 0 heterocycles. The zero-order chi connectivity index (χ0) is 17.4. The third-order valence-corrected chi connectivity index (χ3v) is 4.57. The van der Waals surface area contributed by atoms with Gasteiger partial charge < -0.3 is 4.74 Å². The zero-order valence-electron chi connectivity index (χ0n) is 14.2. The van der Waals surface area contributed by atoms with Crippen LogP contribution in [0.2, 0.25) is 0 Å². The molecule has 0 bridgehead atoms. The summed E-state index contributed by atoms with van der Waals surface area (Å²) >= 11 is 0. The summed E-state index contributed by atoms with van der Waals surface area (Å²) in [6.07, 6.45) is 5.41. The molecule has 24 heavy (non-hydrogen) atoms. The van der Waals surface area contributed by atoms with E-state index in [9.17, 15) is 13.2 Å². The molecule has 0 N–H and O–H groups in total. The minimum absolute atomic E-state index is 0.208. The van der Waals surface area contributed by atoms with Gasteiger partial charge in [-0.3, -0.25) is 0 Å². The number of halogens is 3. The lowest BCUT2D eigenvalue weighted by Crippen LogP contribution is -2.16. The van der Waals surface area contributed by atoms with Crippen LogP contribution in [-0.4, -0.2) is 6.36 Å². The molecule has 0 atom stereocenters. The van der Waals surface area contributed by atoms with Gasteiger partial charge in [0, 0.05) is 11.5 Å². The molecule has 1 aromatic carbocycles. The van der Waals surface area contributed by atoms with Crippen LogP contribution in [0.15, 0.2) is 24.3 Å². The van der Waals surface area contributed by atoms with Crippen molar-refractivity contribution in [3.8, 4) is 17.6 Å². The Morgan fingerprint density at radius 1 is 1.04 bits per heavy atom. The fourth-order valence-corrected chi connectivity index (χ4v) is 3.20. The normalized spacial score (nSPS) is 21.0. The summed E-state index contributed by atoms with van der Waals surface area (Å²) in [6, 6.07) is 5.76. The van der Waals surface area contributed by atoms with Crippen molar-refractivity contribution in [1.82, 2.24) is 0 Å². The Labute approximate surface area is 142 Å². The van der Waals surface area contributed by atoms with E-state index in [0.717, 1.165) is 24.3 Å². The number of hydrogen-bond acceptors (Lipinski definition) is 1. The Bertz CT molecular complexity index is 543. The summed E-state index contributed by atoms with van der Waals surface area (Å²) in [4.78, 5) is 0. The number of unbranched alkanes of at least 4 members (excludes halogenated alkanes) is 2. The summed E-state index contributed by atoms with van der Waals surface area (Å²) in [5.41, 5.74) is 0.731. The standard InChI is InChI=1S/C20H25F3O/c1-2-3-4-5-16-6-8-17(9-7-16)10-11-18-12-14-19(15-13-18)24-20(21,22)23/h12-17H,2-9H2,1H3. The molecule has 132 valence electrons. The first-order chi connectivity index (χ1) is 11.5. The first-order valence-corrected chi connectivity index (χ1v) is 8.83. The molecule has 1 aliphatic rings. The number of alkyl halides is 3. The summed E-state index contributed by atoms with van der Waals surface area (Å²) in [6.45, 7) is 2.23. The van der Waals surface area contributed by atoms with Crippen molar-refractivity contribution in [2.24, 2.45) is 11.8 Å². The van der Waals surface area contributed by atoms with E-state index >= 15 is 0 Å². The smallest absolute Gasteiger partial charge is 0.406 e. The van der Waals surface area contributed by atoms with E-state index in [1.165, 1.54) is 50.7 Å². The Kier molecular flexibility index (Phi) is 7.02. The lowest BCUT2D eigenvalue weighted by Gasteiger charge is -2.25. The van der Waals surface area contributed by atoms with Crippen molar-refractivity contribution in [3.05, 3.63) is 29.8 Å². The van der Waals surface area contributed by atoms with Gasteiger partial charge >= 0.3 is 6.36 Å². The lowest BCUT2D eigenvalue weighted by molar-refractivity contribution is -0.274. The maximum Gasteiger partial charge on any atom is 0.573 e. The van der Waals surface area contributed by atoms with E-state index in [2.05, 4.69) is 23.5 Å². The highest BCUT2D eigenvalue weighted by molar-refractivity contribution is 5.38. The molecule has 1 aliphatic carbocycles. The topological polar surface area (TPSA) is 9.23 Å². The van der Waals surface area contributed by atoms with E-state index in [1.54, 1.807) is 12.1 Å². The van der Waals surface area contributed by atoms with Crippen LogP contribution in [0.5, 0.6) is 5.75 Å². The van der Waals surface area contributed by atoms with Gasteiger partial charge in [0.2, 0.25) is 0 Å². The number of hydrogen-bond donors (Lipinski definition) is 0. The average molecular weight is 338 g/mol. The van der Waals surface area contributed by atoms with E-state index in [1.807, 2.05) is 0 Å². The average Bonchev–Trinajstić information content (AvgIpc) is 2.54. The molecule has 4 heteroatoms. The fourth-order valence-electron chi connectivity index (χ4n) is 3.20. The number of benzene rings is 1. The minimum atomic E-state index is -4.65. The molecule has 0 unspecified atom stereocenters. The second-order valence-corrected chi connectivity index (χ2v) is 6.55. The van der Waals surface area contributed by atoms with Gasteiger partial charge in [0.1, 0.15) is 5.75 Å². The summed E-state index contributed by atoms with van der Waals surface area (Å²) in [5.74, 6) is 7.43. The second kappa shape index (κ2) is 9.01. The van der Waals surface area contributed by atoms with Gasteiger partial charge in [0.15, 0.2) is 0 Å². The zero-order valence-corrected chi connectivity index (χ0v) is 14.2. The molecule has 0 aliphatic heterocycles. The van der Waals surface area contributed by atoms with Crippen molar-refractivity contribution in [2.75, 3.05) is 0 Å². The van der Waals surface area contributed by atoms with Gasteiger partial charge in [0.25, 0.3) is 0 Å². The second-order valence-electron chi connectivity index (χ2n) is 6.55. The third-order valence-electron chi connectivity index (χ3n) is 4.57. The summed E-state index contributed by atoms with van der Waals surface area (Å²) in [5, 5.41) is 0. The summed E-state index contributed by atoms with van der Waals surface area (Å²) < 4.78 is 40.2. The van der Waals surface area contributed by atoms with E-state index in [-0.39, 0.29) is 5.75 Å². The van der Waals surface area contributed by atoms with Crippen LogP contribution in [-0.2, 0) is 0 Å². The van der Waals surface area contributed by atoms with E-state index < -0.39 is 6.36 Å². The molecule has 0 saturated heterocycles. The van der Waals surface area contributed by atoms with E-state index in [4.69, 9.17) is 0 Å². The maximum absolute atomic E-state index is 12.1. The Morgan fingerprint density at radius 2 is 1.71 bits per heavy atom. The number of rotatable bonds is 5. The highest BCUT2D eigenvalue weighted by Crippen LogP contribution is 2.31. The molecule has 0 spiro atoms. The minimum Gasteiger partial charge on any atom is -0.406 e. The van der Waals surface area contributed by atoms with Crippen LogP contribution in [0, 0.1) is 23.7 Å². The van der Waals surface area contributed by atoms with Gasteiger partial charge in [-0.15, -0.1) is 13.2 Å². The van der Waals surface area contributed by atoms with Gasteiger partial charge in [-0.25, -0.2) is 0 Å². The SMILES string of the molecule is CCCCCC1CCC(C#Cc2ccc(OC(F)(F)F)cc2)CC1. The quantitative estimate of drug-likeness (QED) is 0.451. The van der Waals surface area contributed by atoms with E-state index in [0.29, 0.717) is 5.92 Å². The fraction of sp³-hybridized carbons (Fsp3) is 0.600. The van der Waals surface area contributed by atoms with Crippen molar-refractivity contribution in [2.45, 2.75) is 64.7 Å².